The van der Waals surface area contributed by atoms with Crippen LogP contribution in [0.4, 0.5) is 0 Å². The summed E-state index contributed by atoms with van der Waals surface area (Å²) >= 11 is 0. The lowest BCUT2D eigenvalue weighted by Gasteiger charge is -2.17. The van der Waals surface area contributed by atoms with Crippen molar-refractivity contribution in [3.63, 3.8) is 0 Å². The van der Waals surface area contributed by atoms with Crippen molar-refractivity contribution >= 4 is 0 Å². The van der Waals surface area contributed by atoms with Crippen molar-refractivity contribution in [2.45, 2.75) is 33.6 Å². The summed E-state index contributed by atoms with van der Waals surface area (Å²) in [5, 5.41) is 0. The minimum Gasteiger partial charge on any atom is -0.448 e. The Morgan fingerprint density at radius 2 is 2.14 bits per heavy atom. The van der Waals surface area contributed by atoms with E-state index in [1.165, 1.54) is 6.39 Å². The molecule has 14 heavy (non-hydrogen) atoms. The second-order valence-corrected chi connectivity index (χ2v) is 3.16. The maximum absolute atomic E-state index is 5.20. The van der Waals surface area contributed by atoms with Crippen molar-refractivity contribution in [1.82, 2.24) is 9.88 Å². The van der Waals surface area contributed by atoms with Gasteiger partial charge in [-0.2, -0.15) is 0 Å². The summed E-state index contributed by atoms with van der Waals surface area (Å²) in [7, 11) is 2.10. The van der Waals surface area contributed by atoms with E-state index in [0.717, 1.165) is 18.8 Å². The molecule has 0 aromatic carbocycles. The Balaban J connectivity index is 0.000000791. The third-order valence-electron chi connectivity index (χ3n) is 2.06. The van der Waals surface area contributed by atoms with Crippen LogP contribution in [0.5, 0.6) is 0 Å². The maximum atomic E-state index is 5.20. The molecule has 0 aliphatic heterocycles. The Labute approximate surface area is 87.1 Å². The highest BCUT2D eigenvalue weighted by atomic mass is 16.3. The molecule has 1 aromatic heterocycles. The van der Waals surface area contributed by atoms with E-state index in [2.05, 4.69) is 30.8 Å². The second-order valence-electron chi connectivity index (χ2n) is 3.16. The molecule has 82 valence electrons. The van der Waals surface area contributed by atoms with Gasteiger partial charge in [0.15, 0.2) is 6.39 Å². The fourth-order valence-corrected chi connectivity index (χ4v) is 1.16. The van der Waals surface area contributed by atoms with Gasteiger partial charge < -0.3 is 9.32 Å². The van der Waals surface area contributed by atoms with Crippen LogP contribution in [0.3, 0.4) is 0 Å². The molecular weight excluding hydrogens is 176 g/mol. The van der Waals surface area contributed by atoms with Crippen LogP contribution in [-0.2, 0) is 0 Å². The van der Waals surface area contributed by atoms with Crippen molar-refractivity contribution in [3.05, 3.63) is 18.4 Å². The first-order chi connectivity index (χ1) is 6.74. The predicted molar refractivity (Wildman–Crippen MR) is 59.4 cm³/mol. The zero-order chi connectivity index (χ0) is 11.0. The lowest BCUT2D eigenvalue weighted by molar-refractivity contribution is 0.314. The van der Waals surface area contributed by atoms with Gasteiger partial charge in [0.1, 0.15) is 5.76 Å². The van der Waals surface area contributed by atoms with Gasteiger partial charge in [-0.05, 0) is 13.6 Å². The third-order valence-corrected chi connectivity index (χ3v) is 2.06. The van der Waals surface area contributed by atoms with Crippen molar-refractivity contribution in [2.24, 2.45) is 0 Å². The molecule has 0 saturated carbocycles. The normalized spacial score (nSPS) is 12.1. The number of hydrogen-bond acceptors (Lipinski definition) is 3. The van der Waals surface area contributed by atoms with Crippen molar-refractivity contribution in [1.29, 1.82) is 0 Å². The average Bonchev–Trinajstić information content (AvgIpc) is 2.73. The molecule has 1 atom stereocenters. The van der Waals surface area contributed by atoms with Gasteiger partial charge in [0.25, 0.3) is 0 Å². The molecule has 1 heterocycles. The monoisotopic (exact) mass is 198 g/mol. The maximum Gasteiger partial charge on any atom is 0.180 e. The summed E-state index contributed by atoms with van der Waals surface area (Å²) in [4.78, 5) is 6.15. The van der Waals surface area contributed by atoms with E-state index in [1.807, 2.05) is 13.8 Å². The van der Waals surface area contributed by atoms with E-state index in [-0.39, 0.29) is 0 Å². The summed E-state index contributed by atoms with van der Waals surface area (Å²) < 4.78 is 5.20. The number of oxazole rings is 1. The first-order valence-corrected chi connectivity index (χ1v) is 5.31. The number of hydrogen-bond donors (Lipinski definition) is 0. The lowest BCUT2D eigenvalue weighted by Crippen LogP contribution is -2.22. The smallest absolute Gasteiger partial charge is 0.180 e. The van der Waals surface area contributed by atoms with Gasteiger partial charge >= 0.3 is 0 Å². The lowest BCUT2D eigenvalue weighted by atomic mass is 10.1. The van der Waals surface area contributed by atoms with Gasteiger partial charge in [-0.15, -0.1) is 0 Å². The number of aromatic nitrogens is 1. The van der Waals surface area contributed by atoms with Gasteiger partial charge in [0, 0.05) is 12.5 Å². The van der Waals surface area contributed by atoms with Crippen LogP contribution in [0.1, 0.15) is 39.4 Å². The summed E-state index contributed by atoms with van der Waals surface area (Å²) in [5.41, 5.74) is 0. The summed E-state index contributed by atoms with van der Waals surface area (Å²) in [6.45, 7) is 10.4. The van der Waals surface area contributed by atoms with Gasteiger partial charge in [-0.1, -0.05) is 27.7 Å². The van der Waals surface area contributed by atoms with Crippen LogP contribution in [-0.4, -0.2) is 30.0 Å². The molecule has 0 aliphatic carbocycles. The molecule has 3 heteroatoms. The van der Waals surface area contributed by atoms with Gasteiger partial charge in [0.05, 0.1) is 6.20 Å². The van der Waals surface area contributed by atoms with Gasteiger partial charge in [-0.3, -0.25) is 0 Å². The molecule has 0 bridgehead atoms. The van der Waals surface area contributed by atoms with Gasteiger partial charge in [-0.25, -0.2) is 4.98 Å². The van der Waals surface area contributed by atoms with Gasteiger partial charge in [0.2, 0.25) is 0 Å². The highest BCUT2D eigenvalue weighted by Crippen LogP contribution is 2.14. The van der Waals surface area contributed by atoms with Crippen LogP contribution in [0.2, 0.25) is 0 Å². The topological polar surface area (TPSA) is 29.3 Å². The van der Waals surface area contributed by atoms with E-state index in [9.17, 15) is 0 Å². The van der Waals surface area contributed by atoms with Crippen molar-refractivity contribution in [3.8, 4) is 0 Å². The quantitative estimate of drug-likeness (QED) is 0.745. The average molecular weight is 198 g/mol. The Hall–Kier alpha value is -0.830. The Bertz CT molecular complexity index is 209. The zero-order valence-corrected chi connectivity index (χ0v) is 9.95. The standard InChI is InChI=1S/C9H16N2O.C2H6/c1-4-11(3)6-8(2)9-5-10-7-12-9;1-2/h5,7-8H,4,6H2,1-3H3;1-2H3. The molecule has 0 saturated heterocycles. The van der Waals surface area contributed by atoms with Crippen molar-refractivity contribution < 1.29 is 4.42 Å². The molecule has 0 amide bonds. The molecule has 1 rings (SSSR count). The third kappa shape index (κ3) is 4.42. The molecule has 0 fully saturated rings. The Morgan fingerprint density at radius 3 is 2.57 bits per heavy atom. The SMILES string of the molecule is CC.CCN(C)CC(C)c1cnco1. The van der Waals surface area contributed by atoms with Crippen LogP contribution >= 0.6 is 0 Å². The molecule has 3 nitrogen and oxygen atoms in total. The van der Waals surface area contributed by atoms with Crippen LogP contribution in [0, 0.1) is 0 Å². The first kappa shape index (κ1) is 13.2. The van der Waals surface area contributed by atoms with E-state index in [4.69, 9.17) is 4.42 Å². The number of likely N-dealkylation sites (N-methyl/N-ethyl adjacent to an activating group) is 1. The van der Waals surface area contributed by atoms with Crippen LogP contribution in [0.15, 0.2) is 17.0 Å². The largest absolute Gasteiger partial charge is 0.448 e. The predicted octanol–water partition coefficient (Wildman–Crippen LogP) is 2.76. The first-order valence-electron chi connectivity index (χ1n) is 5.31. The molecular formula is C11H22N2O. The Morgan fingerprint density at radius 1 is 1.50 bits per heavy atom. The molecule has 0 spiro atoms. The Kier molecular flexibility index (Phi) is 7.11. The molecule has 1 unspecified atom stereocenters. The number of rotatable bonds is 4. The van der Waals surface area contributed by atoms with Crippen LogP contribution in [0.25, 0.3) is 0 Å². The summed E-state index contributed by atoms with van der Waals surface area (Å²) in [6.07, 6.45) is 3.27. The minimum absolute atomic E-state index is 0.428. The second kappa shape index (κ2) is 7.56. The fourth-order valence-electron chi connectivity index (χ4n) is 1.16. The fraction of sp³-hybridized carbons (Fsp3) is 0.727. The molecule has 0 N–H and O–H groups in total. The van der Waals surface area contributed by atoms with Crippen molar-refractivity contribution in [2.75, 3.05) is 20.1 Å². The molecule has 1 aromatic rings. The van der Waals surface area contributed by atoms with E-state index >= 15 is 0 Å². The summed E-state index contributed by atoms with van der Waals surface area (Å²) in [6, 6.07) is 0. The number of nitrogens with zero attached hydrogens (tertiary/aromatic N) is 2. The highest BCUT2D eigenvalue weighted by Gasteiger charge is 2.10. The van der Waals surface area contributed by atoms with E-state index < -0.39 is 0 Å². The van der Waals surface area contributed by atoms with Crippen LogP contribution < -0.4 is 0 Å². The molecule has 0 aliphatic rings. The van der Waals surface area contributed by atoms with E-state index in [1.54, 1.807) is 6.20 Å². The summed E-state index contributed by atoms with van der Waals surface area (Å²) in [5.74, 6) is 1.40. The molecule has 0 radical (unpaired) electrons. The zero-order valence-electron chi connectivity index (χ0n) is 9.95. The highest BCUT2D eigenvalue weighted by molar-refractivity contribution is 4.97. The van der Waals surface area contributed by atoms with E-state index in [0.29, 0.717) is 5.92 Å². The minimum atomic E-state index is 0.428.